The maximum Gasteiger partial charge on any atom is 0.294 e. The van der Waals surface area contributed by atoms with Gasteiger partial charge in [0.2, 0.25) is 0 Å². The summed E-state index contributed by atoms with van der Waals surface area (Å²) in [7, 11) is -4.35. The van der Waals surface area contributed by atoms with E-state index in [0.29, 0.717) is 12.8 Å². The molecule has 0 radical (unpaired) electrons. The summed E-state index contributed by atoms with van der Waals surface area (Å²) in [4.78, 5) is -1.93. The van der Waals surface area contributed by atoms with Crippen LogP contribution in [0.4, 0.5) is 0 Å². The Hall–Kier alpha value is -0.130. The molecular formula is C9H20O4S. The van der Waals surface area contributed by atoms with Gasteiger partial charge in [-0.1, -0.05) is 26.7 Å². The summed E-state index contributed by atoms with van der Waals surface area (Å²) >= 11 is 0. The maximum absolute atomic E-state index is 11.0. The van der Waals surface area contributed by atoms with Crippen molar-refractivity contribution in [2.45, 2.75) is 57.3 Å². The monoisotopic (exact) mass is 224 g/mol. The molecule has 0 atom stereocenters. The Morgan fingerprint density at radius 1 is 1.07 bits per heavy atom. The lowest BCUT2D eigenvalue weighted by molar-refractivity contribution is 0.0896. The standard InChI is InChI=1S/C9H20O4S/c1-3-5-7-9(10,8-6-4-2)14(11,12)13/h10H,3-8H2,1-2H3,(H,11,12,13). The van der Waals surface area contributed by atoms with Crippen molar-refractivity contribution in [3.8, 4) is 0 Å². The van der Waals surface area contributed by atoms with E-state index in [-0.39, 0.29) is 12.8 Å². The quantitative estimate of drug-likeness (QED) is 0.648. The van der Waals surface area contributed by atoms with E-state index >= 15 is 0 Å². The average Bonchev–Trinajstić information content (AvgIpc) is 2.09. The molecule has 0 bridgehead atoms. The van der Waals surface area contributed by atoms with E-state index in [0.717, 1.165) is 12.8 Å². The van der Waals surface area contributed by atoms with Crippen LogP contribution in [0.25, 0.3) is 0 Å². The van der Waals surface area contributed by atoms with Crippen molar-refractivity contribution in [2.24, 2.45) is 0 Å². The van der Waals surface area contributed by atoms with Gasteiger partial charge in [0.1, 0.15) is 0 Å². The first-order valence-corrected chi connectivity index (χ1v) is 6.51. The van der Waals surface area contributed by atoms with E-state index in [1.165, 1.54) is 0 Å². The van der Waals surface area contributed by atoms with E-state index in [1.807, 2.05) is 13.8 Å². The van der Waals surface area contributed by atoms with Gasteiger partial charge in [-0.3, -0.25) is 4.55 Å². The second-order valence-electron chi connectivity index (χ2n) is 3.63. The molecule has 86 valence electrons. The molecule has 0 amide bonds. The van der Waals surface area contributed by atoms with E-state index < -0.39 is 15.1 Å². The molecule has 5 heteroatoms. The fourth-order valence-corrected chi connectivity index (χ4v) is 2.09. The van der Waals surface area contributed by atoms with Crippen LogP contribution in [-0.2, 0) is 10.1 Å². The molecule has 0 aliphatic carbocycles. The number of aliphatic hydroxyl groups is 1. The fourth-order valence-electron chi connectivity index (χ4n) is 1.29. The molecule has 0 aliphatic heterocycles. The third-order valence-corrected chi connectivity index (χ3v) is 3.69. The predicted octanol–water partition coefficient (Wildman–Crippen LogP) is 1.94. The molecule has 2 N–H and O–H groups in total. The van der Waals surface area contributed by atoms with E-state index in [1.54, 1.807) is 0 Å². The zero-order valence-corrected chi connectivity index (χ0v) is 9.68. The van der Waals surface area contributed by atoms with Crippen LogP contribution in [0, 0.1) is 0 Å². The van der Waals surface area contributed by atoms with Gasteiger partial charge in [-0.25, -0.2) is 0 Å². The van der Waals surface area contributed by atoms with Gasteiger partial charge in [0, 0.05) is 0 Å². The number of hydrogen-bond donors (Lipinski definition) is 2. The van der Waals surface area contributed by atoms with Crippen LogP contribution in [0.5, 0.6) is 0 Å². The summed E-state index contributed by atoms with van der Waals surface area (Å²) in [5.41, 5.74) is 0. The molecular weight excluding hydrogens is 204 g/mol. The Morgan fingerprint density at radius 3 is 1.64 bits per heavy atom. The van der Waals surface area contributed by atoms with E-state index in [4.69, 9.17) is 4.55 Å². The Labute approximate surface area is 86.1 Å². The van der Waals surface area contributed by atoms with Crippen molar-refractivity contribution in [1.29, 1.82) is 0 Å². The first-order valence-electron chi connectivity index (χ1n) is 5.06. The zero-order valence-electron chi connectivity index (χ0n) is 8.86. The second-order valence-corrected chi connectivity index (χ2v) is 5.34. The van der Waals surface area contributed by atoms with Crippen molar-refractivity contribution in [1.82, 2.24) is 0 Å². The lowest BCUT2D eigenvalue weighted by Gasteiger charge is -2.24. The average molecular weight is 224 g/mol. The van der Waals surface area contributed by atoms with Gasteiger partial charge in [0.25, 0.3) is 10.1 Å². The number of hydrogen-bond acceptors (Lipinski definition) is 3. The highest BCUT2D eigenvalue weighted by atomic mass is 32.2. The Balaban J connectivity index is 4.50. The van der Waals surface area contributed by atoms with Gasteiger partial charge in [-0.15, -0.1) is 0 Å². The molecule has 0 unspecified atom stereocenters. The smallest absolute Gasteiger partial charge is 0.294 e. The lowest BCUT2D eigenvalue weighted by Crippen LogP contribution is -2.38. The molecule has 4 nitrogen and oxygen atoms in total. The van der Waals surface area contributed by atoms with Crippen LogP contribution in [0.3, 0.4) is 0 Å². The van der Waals surface area contributed by atoms with Crippen LogP contribution in [-0.4, -0.2) is 23.0 Å². The second kappa shape index (κ2) is 5.68. The SMILES string of the molecule is CCCCC(O)(CCCC)S(=O)(=O)O. The molecule has 0 aromatic heterocycles. The molecule has 0 fully saturated rings. The molecule has 0 spiro atoms. The first-order chi connectivity index (χ1) is 6.37. The van der Waals surface area contributed by atoms with Crippen LogP contribution >= 0.6 is 0 Å². The van der Waals surface area contributed by atoms with Crippen molar-refractivity contribution in [3.63, 3.8) is 0 Å². The highest BCUT2D eigenvalue weighted by molar-refractivity contribution is 7.87. The van der Waals surface area contributed by atoms with E-state index in [9.17, 15) is 13.5 Å². The van der Waals surface area contributed by atoms with Gasteiger partial charge in [0.15, 0.2) is 4.93 Å². The van der Waals surface area contributed by atoms with Gasteiger partial charge in [-0.2, -0.15) is 8.42 Å². The van der Waals surface area contributed by atoms with E-state index in [2.05, 4.69) is 0 Å². The summed E-state index contributed by atoms with van der Waals surface area (Å²) in [5, 5.41) is 9.77. The third kappa shape index (κ3) is 3.94. The minimum absolute atomic E-state index is 0.113. The Morgan fingerprint density at radius 2 is 1.43 bits per heavy atom. The predicted molar refractivity (Wildman–Crippen MR) is 55.5 cm³/mol. The number of unbranched alkanes of at least 4 members (excludes halogenated alkanes) is 2. The molecule has 0 saturated heterocycles. The van der Waals surface area contributed by atoms with Gasteiger partial charge in [0.05, 0.1) is 0 Å². The summed E-state index contributed by atoms with van der Waals surface area (Å²) in [6.07, 6.45) is 3.01. The van der Waals surface area contributed by atoms with Crippen molar-refractivity contribution in [3.05, 3.63) is 0 Å². The zero-order chi connectivity index (χ0) is 11.2. The summed E-state index contributed by atoms with van der Waals surface area (Å²) in [6.45, 7) is 3.81. The Bertz CT molecular complexity index is 238. The topological polar surface area (TPSA) is 74.6 Å². The van der Waals surface area contributed by atoms with Crippen molar-refractivity contribution < 1.29 is 18.1 Å². The van der Waals surface area contributed by atoms with Crippen molar-refractivity contribution in [2.75, 3.05) is 0 Å². The summed E-state index contributed by atoms with van der Waals surface area (Å²) in [6, 6.07) is 0. The van der Waals surface area contributed by atoms with Gasteiger partial charge in [-0.05, 0) is 25.7 Å². The van der Waals surface area contributed by atoms with Crippen LogP contribution < -0.4 is 0 Å². The van der Waals surface area contributed by atoms with Crippen LogP contribution in [0.1, 0.15) is 52.4 Å². The lowest BCUT2D eigenvalue weighted by atomic mass is 10.1. The highest BCUT2D eigenvalue weighted by Crippen LogP contribution is 2.26. The molecule has 0 aliphatic rings. The van der Waals surface area contributed by atoms with Crippen LogP contribution in [0.15, 0.2) is 0 Å². The molecule has 0 aromatic carbocycles. The molecule has 14 heavy (non-hydrogen) atoms. The molecule has 0 rings (SSSR count). The largest absolute Gasteiger partial charge is 0.372 e. The number of rotatable bonds is 7. The first kappa shape index (κ1) is 13.9. The minimum atomic E-state index is -4.35. The molecule has 0 heterocycles. The van der Waals surface area contributed by atoms with Gasteiger partial charge < -0.3 is 5.11 Å². The maximum atomic E-state index is 11.0. The van der Waals surface area contributed by atoms with Crippen LogP contribution in [0.2, 0.25) is 0 Å². The minimum Gasteiger partial charge on any atom is -0.372 e. The molecule has 0 aromatic rings. The van der Waals surface area contributed by atoms with Gasteiger partial charge >= 0.3 is 0 Å². The fraction of sp³-hybridized carbons (Fsp3) is 1.00. The summed E-state index contributed by atoms with van der Waals surface area (Å²) < 4.78 is 30.9. The molecule has 0 saturated carbocycles. The normalized spacial score (nSPS) is 13.1. The third-order valence-electron chi connectivity index (χ3n) is 2.32. The Kier molecular flexibility index (Phi) is 5.63. The van der Waals surface area contributed by atoms with Crippen molar-refractivity contribution >= 4 is 10.1 Å². The summed E-state index contributed by atoms with van der Waals surface area (Å²) in [5.74, 6) is 0. The highest BCUT2D eigenvalue weighted by Gasteiger charge is 2.39.